The van der Waals surface area contributed by atoms with E-state index in [1.54, 1.807) is 31.3 Å². The van der Waals surface area contributed by atoms with Gasteiger partial charge in [0.1, 0.15) is 0 Å². The summed E-state index contributed by atoms with van der Waals surface area (Å²) in [4.78, 5) is 13.5. The molecule has 0 heterocycles. The third-order valence-electron chi connectivity index (χ3n) is 3.37. The largest absolute Gasteiger partial charge is 0.389 e. The van der Waals surface area contributed by atoms with Crippen LogP contribution in [0.1, 0.15) is 5.56 Å². The number of likely N-dealkylation sites (N-methyl/N-ethyl adjacent to an activating group) is 1. The summed E-state index contributed by atoms with van der Waals surface area (Å²) in [5.74, 6) is 0. The van der Waals surface area contributed by atoms with Crippen molar-refractivity contribution >= 4 is 23.3 Å². The molecule has 6 heteroatoms. The van der Waals surface area contributed by atoms with Gasteiger partial charge in [0.2, 0.25) is 0 Å². The Hall–Kier alpha value is -2.08. The monoisotopic (exact) mass is 348 g/mol. The Morgan fingerprint density at radius 1 is 1.21 bits per heavy atom. The number of benzene rings is 2. The number of anilines is 1. The number of amides is 2. The van der Waals surface area contributed by atoms with Gasteiger partial charge in [0.25, 0.3) is 0 Å². The van der Waals surface area contributed by atoms with E-state index in [0.717, 1.165) is 5.56 Å². The Kier molecular flexibility index (Phi) is 7.06. The lowest BCUT2D eigenvalue weighted by Crippen LogP contribution is -2.38. The van der Waals surface area contributed by atoms with Crippen molar-refractivity contribution in [3.8, 4) is 0 Å². The molecule has 0 saturated carbocycles. The molecule has 5 nitrogen and oxygen atoms in total. The predicted octanol–water partition coefficient (Wildman–Crippen LogP) is 3.38. The van der Waals surface area contributed by atoms with E-state index >= 15 is 0 Å². The first-order valence-corrected chi connectivity index (χ1v) is 8.00. The van der Waals surface area contributed by atoms with Gasteiger partial charge in [-0.15, -0.1) is 0 Å². The second-order valence-corrected chi connectivity index (χ2v) is 5.85. The van der Waals surface area contributed by atoms with Gasteiger partial charge in [-0.2, -0.15) is 0 Å². The van der Waals surface area contributed by atoms with Gasteiger partial charge in [0.05, 0.1) is 36.6 Å². The molecule has 2 rings (SSSR count). The summed E-state index contributed by atoms with van der Waals surface area (Å²) in [6.07, 6.45) is -0.768. The van der Waals surface area contributed by atoms with Crippen molar-refractivity contribution in [2.75, 3.05) is 25.5 Å². The van der Waals surface area contributed by atoms with Crippen LogP contribution in [-0.4, -0.2) is 42.3 Å². The van der Waals surface area contributed by atoms with Gasteiger partial charge in [0.15, 0.2) is 0 Å². The van der Waals surface area contributed by atoms with Crippen molar-refractivity contribution in [1.82, 2.24) is 4.90 Å². The normalized spacial score (nSPS) is 11.8. The molecule has 0 fully saturated rings. The third-order valence-corrected chi connectivity index (χ3v) is 3.70. The van der Waals surface area contributed by atoms with Crippen LogP contribution in [0.25, 0.3) is 0 Å². The minimum atomic E-state index is -0.768. The number of hydrogen-bond acceptors (Lipinski definition) is 3. The second-order valence-electron chi connectivity index (χ2n) is 5.45. The van der Waals surface area contributed by atoms with Crippen molar-refractivity contribution < 1.29 is 14.6 Å². The number of nitrogens with one attached hydrogen (secondary N) is 1. The number of aliphatic hydroxyl groups is 1. The standard InChI is InChI=1S/C18H21ClN2O3/c1-21(18(23)20-17-10-6-5-9-16(17)19)11-15(22)13-24-12-14-7-3-2-4-8-14/h2-10,15,22H,11-13H2,1H3,(H,20,23). The minimum absolute atomic E-state index is 0.151. The maximum Gasteiger partial charge on any atom is 0.321 e. The van der Waals surface area contributed by atoms with E-state index in [4.69, 9.17) is 16.3 Å². The van der Waals surface area contributed by atoms with Crippen LogP contribution in [-0.2, 0) is 11.3 Å². The fourth-order valence-corrected chi connectivity index (χ4v) is 2.29. The van der Waals surface area contributed by atoms with E-state index in [1.165, 1.54) is 4.90 Å². The highest BCUT2D eigenvalue weighted by Crippen LogP contribution is 2.20. The first kappa shape index (κ1) is 18.3. The first-order valence-electron chi connectivity index (χ1n) is 7.62. The fourth-order valence-electron chi connectivity index (χ4n) is 2.11. The van der Waals surface area contributed by atoms with Crippen molar-refractivity contribution in [2.24, 2.45) is 0 Å². The van der Waals surface area contributed by atoms with Crippen LogP contribution in [0.2, 0.25) is 5.02 Å². The van der Waals surface area contributed by atoms with Gasteiger partial charge in [-0.25, -0.2) is 4.79 Å². The molecule has 0 saturated heterocycles. The van der Waals surface area contributed by atoms with Gasteiger partial charge >= 0.3 is 6.03 Å². The van der Waals surface area contributed by atoms with Crippen LogP contribution in [0.4, 0.5) is 10.5 Å². The molecule has 0 aliphatic carbocycles. The van der Waals surface area contributed by atoms with E-state index in [0.29, 0.717) is 17.3 Å². The molecule has 2 aromatic rings. The summed E-state index contributed by atoms with van der Waals surface area (Å²) in [5, 5.41) is 13.2. The van der Waals surface area contributed by atoms with Gasteiger partial charge in [-0.1, -0.05) is 54.1 Å². The lowest BCUT2D eigenvalue weighted by Gasteiger charge is -2.21. The van der Waals surface area contributed by atoms with Crippen LogP contribution in [0.3, 0.4) is 0 Å². The number of ether oxygens (including phenoxy) is 1. The Labute approximate surface area is 146 Å². The Bertz CT molecular complexity index is 652. The van der Waals surface area contributed by atoms with Crippen LogP contribution in [0.5, 0.6) is 0 Å². The average molecular weight is 349 g/mol. The van der Waals surface area contributed by atoms with Crippen molar-refractivity contribution in [2.45, 2.75) is 12.7 Å². The summed E-state index contributed by atoms with van der Waals surface area (Å²) in [6, 6.07) is 16.4. The highest BCUT2D eigenvalue weighted by atomic mass is 35.5. The average Bonchev–Trinajstić information content (AvgIpc) is 2.57. The number of hydrogen-bond donors (Lipinski definition) is 2. The van der Waals surface area contributed by atoms with Gasteiger partial charge in [0, 0.05) is 7.05 Å². The SMILES string of the molecule is CN(CC(O)COCc1ccccc1)C(=O)Nc1ccccc1Cl. The minimum Gasteiger partial charge on any atom is -0.389 e. The van der Waals surface area contributed by atoms with Crippen LogP contribution >= 0.6 is 11.6 Å². The molecule has 2 amide bonds. The molecule has 0 aliphatic heterocycles. The van der Waals surface area contributed by atoms with E-state index in [1.807, 2.05) is 30.3 Å². The molecular weight excluding hydrogens is 328 g/mol. The highest BCUT2D eigenvalue weighted by Gasteiger charge is 2.15. The number of para-hydroxylation sites is 1. The molecule has 0 radical (unpaired) electrons. The smallest absolute Gasteiger partial charge is 0.321 e. The maximum absolute atomic E-state index is 12.1. The second kappa shape index (κ2) is 9.27. The molecule has 24 heavy (non-hydrogen) atoms. The zero-order valence-corrected chi connectivity index (χ0v) is 14.2. The number of nitrogens with zero attached hydrogens (tertiary/aromatic N) is 1. The van der Waals surface area contributed by atoms with E-state index in [2.05, 4.69) is 5.32 Å². The van der Waals surface area contributed by atoms with E-state index < -0.39 is 6.10 Å². The predicted molar refractivity (Wildman–Crippen MR) is 95.2 cm³/mol. The fraction of sp³-hybridized carbons (Fsp3) is 0.278. The van der Waals surface area contributed by atoms with E-state index in [9.17, 15) is 9.90 Å². The summed E-state index contributed by atoms with van der Waals surface area (Å²) < 4.78 is 5.47. The quantitative estimate of drug-likeness (QED) is 0.806. The molecule has 0 spiro atoms. The lowest BCUT2D eigenvalue weighted by atomic mass is 10.2. The zero-order chi connectivity index (χ0) is 17.4. The highest BCUT2D eigenvalue weighted by molar-refractivity contribution is 6.33. The molecule has 0 aromatic heterocycles. The summed E-state index contributed by atoms with van der Waals surface area (Å²) in [5.41, 5.74) is 1.57. The van der Waals surface area contributed by atoms with Crippen molar-refractivity contribution in [3.63, 3.8) is 0 Å². The molecule has 0 bridgehead atoms. The number of rotatable bonds is 7. The number of urea groups is 1. The molecule has 0 aliphatic rings. The van der Waals surface area contributed by atoms with Gasteiger partial charge in [-0.3, -0.25) is 0 Å². The van der Waals surface area contributed by atoms with Crippen LogP contribution in [0.15, 0.2) is 54.6 Å². The van der Waals surface area contributed by atoms with Gasteiger partial charge in [-0.05, 0) is 17.7 Å². The maximum atomic E-state index is 12.1. The number of halogens is 1. The van der Waals surface area contributed by atoms with Crippen molar-refractivity contribution in [3.05, 3.63) is 65.2 Å². The Balaban J connectivity index is 1.73. The van der Waals surface area contributed by atoms with Gasteiger partial charge < -0.3 is 20.1 Å². The third kappa shape index (κ3) is 5.85. The number of carbonyl (C=O) groups is 1. The molecule has 128 valence electrons. The van der Waals surface area contributed by atoms with Crippen LogP contribution in [0, 0.1) is 0 Å². The van der Waals surface area contributed by atoms with Crippen LogP contribution < -0.4 is 5.32 Å². The summed E-state index contributed by atoms with van der Waals surface area (Å²) >= 11 is 6.00. The molecule has 1 unspecified atom stereocenters. The first-order chi connectivity index (χ1) is 11.6. The summed E-state index contributed by atoms with van der Waals surface area (Å²) in [7, 11) is 1.60. The van der Waals surface area contributed by atoms with E-state index in [-0.39, 0.29) is 19.2 Å². The van der Waals surface area contributed by atoms with Crippen molar-refractivity contribution in [1.29, 1.82) is 0 Å². The molecule has 1 atom stereocenters. The topological polar surface area (TPSA) is 61.8 Å². The Morgan fingerprint density at radius 2 is 1.88 bits per heavy atom. The Morgan fingerprint density at radius 3 is 2.58 bits per heavy atom. The zero-order valence-electron chi connectivity index (χ0n) is 13.5. The molecule has 2 N–H and O–H groups in total. The molecular formula is C18H21ClN2O3. The lowest BCUT2D eigenvalue weighted by molar-refractivity contribution is 0.0188. The number of carbonyl (C=O) groups excluding carboxylic acids is 1. The molecule has 2 aromatic carbocycles. The number of aliphatic hydroxyl groups excluding tert-OH is 1. The summed E-state index contributed by atoms with van der Waals surface area (Å²) in [6.45, 7) is 0.733.